The van der Waals surface area contributed by atoms with Gasteiger partial charge in [-0.25, -0.2) is 4.39 Å². The molecule has 0 amide bonds. The highest BCUT2D eigenvalue weighted by Gasteiger charge is 2.34. The van der Waals surface area contributed by atoms with Crippen molar-refractivity contribution in [1.29, 1.82) is 5.41 Å². The van der Waals surface area contributed by atoms with E-state index < -0.39 is 17.6 Å². The van der Waals surface area contributed by atoms with Gasteiger partial charge in [-0.1, -0.05) is 19.9 Å². The van der Waals surface area contributed by atoms with Crippen molar-refractivity contribution in [2.75, 3.05) is 0 Å². The van der Waals surface area contributed by atoms with Gasteiger partial charge < -0.3 is 10.7 Å². The van der Waals surface area contributed by atoms with Crippen LogP contribution in [-0.2, 0) is 6.18 Å². The lowest BCUT2D eigenvalue weighted by molar-refractivity contribution is -0.140. The molecule has 0 unspecified atom stereocenters. The molecule has 2 rings (SSSR count). The zero-order valence-corrected chi connectivity index (χ0v) is 12.6. The second kappa shape index (κ2) is 6.40. The fraction of sp³-hybridized carbons (Fsp3) is 0.235. The molecule has 1 heterocycles. The van der Waals surface area contributed by atoms with E-state index in [2.05, 4.69) is 5.32 Å². The second-order valence-electron chi connectivity index (χ2n) is 5.48. The van der Waals surface area contributed by atoms with E-state index in [1.807, 2.05) is 13.8 Å². The van der Waals surface area contributed by atoms with Crippen LogP contribution < -0.4 is 5.32 Å². The van der Waals surface area contributed by atoms with E-state index in [1.54, 1.807) is 24.4 Å². The van der Waals surface area contributed by atoms with Crippen LogP contribution in [0.2, 0.25) is 0 Å². The quantitative estimate of drug-likeness (QED) is 0.602. The highest BCUT2D eigenvalue weighted by atomic mass is 19.4. The van der Waals surface area contributed by atoms with Crippen molar-refractivity contribution in [3.05, 3.63) is 65.3 Å². The van der Waals surface area contributed by atoms with Gasteiger partial charge in [-0.05, 0) is 47.4 Å². The minimum atomic E-state index is -4.74. The summed E-state index contributed by atoms with van der Waals surface area (Å²) in [7, 11) is 0. The zero-order chi connectivity index (χ0) is 17.2. The predicted octanol–water partition coefficient (Wildman–Crippen LogP) is 4.90. The number of benzene rings is 1. The summed E-state index contributed by atoms with van der Waals surface area (Å²) in [5.41, 5.74) is 0.478. The zero-order valence-electron chi connectivity index (χ0n) is 12.6. The minimum Gasteiger partial charge on any atom is -0.362 e. The molecule has 122 valence electrons. The number of dihydropyridines is 1. The monoisotopic (exact) mass is 324 g/mol. The van der Waals surface area contributed by atoms with Crippen LogP contribution in [0.15, 0.2) is 48.3 Å². The van der Waals surface area contributed by atoms with Crippen molar-refractivity contribution in [2.24, 2.45) is 5.92 Å². The molecule has 0 spiro atoms. The van der Waals surface area contributed by atoms with E-state index in [4.69, 9.17) is 5.41 Å². The molecular formula is C17H16F4N2. The van der Waals surface area contributed by atoms with Gasteiger partial charge in [0.2, 0.25) is 0 Å². The molecule has 1 aliphatic heterocycles. The Bertz CT molecular complexity index is 710. The Hall–Kier alpha value is -2.37. The van der Waals surface area contributed by atoms with Crippen molar-refractivity contribution in [1.82, 2.24) is 5.32 Å². The second-order valence-corrected chi connectivity index (χ2v) is 5.48. The topological polar surface area (TPSA) is 35.9 Å². The summed E-state index contributed by atoms with van der Waals surface area (Å²) in [5.74, 6) is -1.26. The van der Waals surface area contributed by atoms with Gasteiger partial charge in [-0.3, -0.25) is 0 Å². The standard InChI is InChI=1S/C17H16F4N2/c1-10(2)16(22)9-13-7-12(5-6-23-13)11-3-4-15(18)14(8-11)17(19,20)21/h3-10,22-23H,1-2H3/b13-9-,22-16?. The van der Waals surface area contributed by atoms with Crippen LogP contribution in [0.5, 0.6) is 0 Å². The fourth-order valence-corrected chi connectivity index (χ4v) is 2.00. The van der Waals surface area contributed by atoms with Crippen molar-refractivity contribution in [2.45, 2.75) is 20.0 Å². The van der Waals surface area contributed by atoms with E-state index in [9.17, 15) is 17.6 Å². The SMILES string of the molecule is CC(C)C(=N)/C=C1/C=C(c2ccc(F)c(C(F)(F)F)c2)C=CN1. The van der Waals surface area contributed by atoms with E-state index in [-0.39, 0.29) is 11.5 Å². The molecule has 1 aromatic carbocycles. The van der Waals surface area contributed by atoms with Crippen molar-refractivity contribution < 1.29 is 17.6 Å². The van der Waals surface area contributed by atoms with E-state index in [0.29, 0.717) is 17.0 Å². The molecule has 0 bridgehead atoms. The Morgan fingerprint density at radius 3 is 2.57 bits per heavy atom. The van der Waals surface area contributed by atoms with Gasteiger partial charge >= 0.3 is 6.18 Å². The number of hydrogen-bond acceptors (Lipinski definition) is 2. The molecule has 23 heavy (non-hydrogen) atoms. The van der Waals surface area contributed by atoms with Crippen LogP contribution in [-0.4, -0.2) is 5.71 Å². The maximum atomic E-state index is 13.4. The third-order valence-corrected chi connectivity index (χ3v) is 3.36. The maximum Gasteiger partial charge on any atom is 0.419 e. The lowest BCUT2D eigenvalue weighted by Gasteiger charge is -2.15. The third-order valence-electron chi connectivity index (χ3n) is 3.36. The van der Waals surface area contributed by atoms with E-state index >= 15 is 0 Å². The molecule has 1 aliphatic rings. The first-order valence-corrected chi connectivity index (χ1v) is 7.00. The van der Waals surface area contributed by atoms with Crippen molar-refractivity contribution in [3.8, 4) is 0 Å². The Morgan fingerprint density at radius 1 is 1.26 bits per heavy atom. The van der Waals surface area contributed by atoms with Gasteiger partial charge in [0.1, 0.15) is 5.82 Å². The molecular weight excluding hydrogens is 308 g/mol. The first-order valence-electron chi connectivity index (χ1n) is 7.00. The summed E-state index contributed by atoms with van der Waals surface area (Å²) in [6.45, 7) is 3.75. The normalized spacial score (nSPS) is 16.5. The highest BCUT2D eigenvalue weighted by molar-refractivity contribution is 5.95. The highest BCUT2D eigenvalue weighted by Crippen LogP contribution is 2.33. The summed E-state index contributed by atoms with van der Waals surface area (Å²) in [6, 6.07) is 2.91. The Morgan fingerprint density at radius 2 is 1.96 bits per heavy atom. The number of halogens is 4. The molecule has 0 aromatic heterocycles. The predicted molar refractivity (Wildman–Crippen MR) is 82.3 cm³/mol. The number of hydrogen-bond donors (Lipinski definition) is 2. The van der Waals surface area contributed by atoms with Crippen LogP contribution >= 0.6 is 0 Å². The van der Waals surface area contributed by atoms with Crippen LogP contribution in [0.3, 0.4) is 0 Å². The van der Waals surface area contributed by atoms with Gasteiger partial charge in [0.05, 0.1) is 5.56 Å². The van der Waals surface area contributed by atoms with Gasteiger partial charge in [-0.15, -0.1) is 0 Å². The molecule has 0 saturated heterocycles. The molecule has 2 N–H and O–H groups in total. The molecule has 2 nitrogen and oxygen atoms in total. The van der Waals surface area contributed by atoms with Gasteiger partial charge in [0, 0.05) is 17.6 Å². The largest absolute Gasteiger partial charge is 0.419 e. The molecule has 0 atom stereocenters. The summed E-state index contributed by atoms with van der Waals surface area (Å²) < 4.78 is 51.8. The van der Waals surface area contributed by atoms with Gasteiger partial charge in [0.15, 0.2) is 0 Å². The van der Waals surface area contributed by atoms with Crippen LogP contribution in [0, 0.1) is 17.1 Å². The van der Waals surface area contributed by atoms with Crippen molar-refractivity contribution in [3.63, 3.8) is 0 Å². The van der Waals surface area contributed by atoms with E-state index in [0.717, 1.165) is 12.1 Å². The minimum absolute atomic E-state index is 0.0368. The van der Waals surface area contributed by atoms with E-state index in [1.165, 1.54) is 6.07 Å². The first kappa shape index (κ1) is 17.0. The molecule has 1 aromatic rings. The summed E-state index contributed by atoms with van der Waals surface area (Å²) in [5, 5.41) is 10.8. The molecule has 0 fully saturated rings. The fourth-order valence-electron chi connectivity index (χ4n) is 2.00. The van der Waals surface area contributed by atoms with Crippen LogP contribution in [0.25, 0.3) is 5.57 Å². The summed E-state index contributed by atoms with van der Waals surface area (Å²) >= 11 is 0. The smallest absolute Gasteiger partial charge is 0.362 e. The number of nitrogens with one attached hydrogen (secondary N) is 2. The average Bonchev–Trinajstić information content (AvgIpc) is 2.46. The first-order chi connectivity index (χ1) is 10.7. The Kier molecular flexibility index (Phi) is 4.73. The lowest BCUT2D eigenvalue weighted by Crippen LogP contribution is -2.12. The number of rotatable bonds is 3. The lowest BCUT2D eigenvalue weighted by atomic mass is 9.99. The van der Waals surface area contributed by atoms with Crippen molar-refractivity contribution >= 4 is 11.3 Å². The van der Waals surface area contributed by atoms with Crippen LogP contribution in [0.1, 0.15) is 25.0 Å². The summed E-state index contributed by atoms with van der Waals surface area (Å²) in [4.78, 5) is 0. The number of alkyl halides is 3. The average molecular weight is 324 g/mol. The molecule has 6 heteroatoms. The number of allylic oxidation sites excluding steroid dienone is 4. The molecule has 0 radical (unpaired) electrons. The maximum absolute atomic E-state index is 13.4. The van der Waals surface area contributed by atoms with Crippen LogP contribution in [0.4, 0.5) is 17.6 Å². The molecule has 0 aliphatic carbocycles. The Labute approximate surface area is 131 Å². The van der Waals surface area contributed by atoms with Gasteiger partial charge in [0.25, 0.3) is 0 Å². The molecule has 0 saturated carbocycles. The van der Waals surface area contributed by atoms with Gasteiger partial charge in [-0.2, -0.15) is 13.2 Å². The Balaban J connectivity index is 2.40. The summed E-state index contributed by atoms with van der Waals surface area (Å²) in [6.07, 6.45) is 1.68. The third kappa shape index (κ3) is 4.09.